The Morgan fingerprint density at radius 1 is 1.16 bits per heavy atom. The van der Waals surface area contributed by atoms with Gasteiger partial charge in [-0.2, -0.15) is 0 Å². The quantitative estimate of drug-likeness (QED) is 0.426. The van der Waals surface area contributed by atoms with Gasteiger partial charge in [0.2, 0.25) is 5.76 Å². The number of amides is 2. The second-order valence-corrected chi connectivity index (χ2v) is 8.11. The van der Waals surface area contributed by atoms with E-state index in [4.69, 9.17) is 4.42 Å². The average molecular weight is 436 g/mol. The number of hydrogen-bond acceptors (Lipinski definition) is 6. The molecule has 1 aliphatic rings. The number of methoxy groups -OCH3 is 1. The number of ether oxygens (including phenoxy) is 1. The Morgan fingerprint density at radius 3 is 2.71 bits per heavy atom. The molecule has 7 nitrogen and oxygen atoms in total. The maximum Gasteiger partial charge on any atom is 0.373 e. The smallest absolute Gasteiger partial charge is 0.373 e. The van der Waals surface area contributed by atoms with Crippen molar-refractivity contribution in [1.29, 1.82) is 0 Å². The van der Waals surface area contributed by atoms with Gasteiger partial charge in [-0.1, -0.05) is 17.7 Å². The molecule has 4 rings (SSSR count). The summed E-state index contributed by atoms with van der Waals surface area (Å²) >= 11 is 0.879. The van der Waals surface area contributed by atoms with E-state index in [0.717, 1.165) is 33.6 Å². The van der Waals surface area contributed by atoms with Crippen molar-refractivity contribution in [2.75, 3.05) is 7.11 Å². The van der Waals surface area contributed by atoms with E-state index in [1.807, 2.05) is 48.9 Å². The molecule has 0 unspecified atom stereocenters. The predicted octanol–water partition coefficient (Wildman–Crippen LogP) is 4.71. The highest BCUT2D eigenvalue weighted by molar-refractivity contribution is 8.18. The molecule has 158 valence electrons. The maximum absolute atomic E-state index is 12.9. The van der Waals surface area contributed by atoms with E-state index in [1.54, 1.807) is 12.1 Å². The Kier molecular flexibility index (Phi) is 5.56. The molecule has 1 aromatic carbocycles. The molecule has 31 heavy (non-hydrogen) atoms. The fourth-order valence-corrected chi connectivity index (χ4v) is 4.23. The van der Waals surface area contributed by atoms with Crippen LogP contribution in [0.15, 0.2) is 58.0 Å². The van der Waals surface area contributed by atoms with Crippen molar-refractivity contribution in [2.24, 2.45) is 0 Å². The lowest BCUT2D eigenvalue weighted by atomic mass is 10.1. The van der Waals surface area contributed by atoms with Gasteiger partial charge in [-0.05, 0) is 67.6 Å². The highest BCUT2D eigenvalue weighted by Gasteiger charge is 2.36. The highest BCUT2D eigenvalue weighted by Crippen LogP contribution is 2.34. The molecular weight excluding hydrogens is 416 g/mol. The molecule has 0 radical (unpaired) electrons. The molecule has 0 N–H and O–H groups in total. The van der Waals surface area contributed by atoms with Crippen LogP contribution in [0.2, 0.25) is 0 Å². The second kappa shape index (κ2) is 8.31. The molecule has 1 fully saturated rings. The topological polar surface area (TPSA) is 81.8 Å². The van der Waals surface area contributed by atoms with Crippen LogP contribution in [0.3, 0.4) is 0 Å². The third kappa shape index (κ3) is 4.06. The van der Waals surface area contributed by atoms with Gasteiger partial charge in [0, 0.05) is 17.6 Å². The average Bonchev–Trinajstić information content (AvgIpc) is 3.45. The van der Waals surface area contributed by atoms with Gasteiger partial charge in [0.1, 0.15) is 5.76 Å². The zero-order valence-corrected chi connectivity index (χ0v) is 18.1. The number of thioether (sulfide) groups is 1. The van der Waals surface area contributed by atoms with Crippen LogP contribution in [-0.4, -0.2) is 33.7 Å². The number of carbonyl (C=O) groups excluding carboxylic acids is 3. The molecule has 1 aliphatic heterocycles. The Balaban J connectivity index is 1.58. The lowest BCUT2D eigenvalue weighted by Crippen LogP contribution is -2.27. The zero-order valence-electron chi connectivity index (χ0n) is 17.2. The van der Waals surface area contributed by atoms with Crippen LogP contribution in [0.25, 0.3) is 11.8 Å². The molecule has 0 bridgehead atoms. The Bertz CT molecular complexity index is 1220. The van der Waals surface area contributed by atoms with Crippen LogP contribution in [0.4, 0.5) is 4.79 Å². The fourth-order valence-electron chi connectivity index (χ4n) is 3.41. The SMILES string of the molecule is COC(=O)c1ccc(CN2C(=O)S/C(=C/c3cccn3-c3ccc(C)cc3C)C2=O)o1. The zero-order chi connectivity index (χ0) is 22.1. The minimum atomic E-state index is -0.618. The summed E-state index contributed by atoms with van der Waals surface area (Å²) in [6.07, 6.45) is 3.64. The summed E-state index contributed by atoms with van der Waals surface area (Å²) in [5.74, 6) is -0.680. The van der Waals surface area contributed by atoms with Crippen molar-refractivity contribution in [2.45, 2.75) is 20.4 Å². The number of hydrogen-bond donors (Lipinski definition) is 0. The number of aromatic nitrogens is 1. The minimum Gasteiger partial charge on any atom is -0.463 e. The second-order valence-electron chi connectivity index (χ2n) is 7.12. The van der Waals surface area contributed by atoms with Crippen LogP contribution in [0.1, 0.15) is 33.1 Å². The number of imide groups is 1. The Labute approximate surface area is 183 Å². The van der Waals surface area contributed by atoms with E-state index in [-0.39, 0.29) is 12.3 Å². The molecular formula is C23H20N2O5S. The third-order valence-corrected chi connectivity index (χ3v) is 5.81. The summed E-state index contributed by atoms with van der Waals surface area (Å²) in [7, 11) is 1.25. The van der Waals surface area contributed by atoms with E-state index in [2.05, 4.69) is 10.8 Å². The highest BCUT2D eigenvalue weighted by atomic mass is 32.2. The summed E-state index contributed by atoms with van der Waals surface area (Å²) in [6, 6.07) is 12.9. The van der Waals surface area contributed by atoms with Crippen LogP contribution in [0.5, 0.6) is 0 Å². The first-order valence-corrected chi connectivity index (χ1v) is 10.4. The van der Waals surface area contributed by atoms with E-state index in [9.17, 15) is 14.4 Å². The molecule has 0 aliphatic carbocycles. The Hall–Kier alpha value is -3.52. The van der Waals surface area contributed by atoms with Gasteiger partial charge in [-0.3, -0.25) is 14.5 Å². The normalized spacial score (nSPS) is 15.2. The van der Waals surface area contributed by atoms with Crippen molar-refractivity contribution in [3.05, 3.63) is 81.9 Å². The predicted molar refractivity (Wildman–Crippen MR) is 117 cm³/mol. The van der Waals surface area contributed by atoms with Gasteiger partial charge in [-0.25, -0.2) is 4.79 Å². The summed E-state index contributed by atoms with van der Waals surface area (Å²) in [4.78, 5) is 38.3. The van der Waals surface area contributed by atoms with Gasteiger partial charge < -0.3 is 13.7 Å². The maximum atomic E-state index is 12.9. The van der Waals surface area contributed by atoms with Crippen LogP contribution >= 0.6 is 11.8 Å². The lowest BCUT2D eigenvalue weighted by Gasteiger charge is -2.11. The third-order valence-electron chi connectivity index (χ3n) is 4.91. The standard InChI is InChI=1S/C23H20N2O5S/c1-14-6-8-18(15(2)11-14)24-10-4-5-16(24)12-20-21(26)25(23(28)31-20)13-17-7-9-19(30-17)22(27)29-3/h4-12H,13H2,1-3H3/b20-12+. The number of carbonyl (C=O) groups is 3. The van der Waals surface area contributed by atoms with Gasteiger partial charge in [0.25, 0.3) is 11.1 Å². The van der Waals surface area contributed by atoms with Crippen molar-refractivity contribution in [3.8, 4) is 5.69 Å². The first-order chi connectivity index (χ1) is 14.9. The lowest BCUT2D eigenvalue weighted by molar-refractivity contribution is -0.123. The molecule has 1 saturated heterocycles. The molecule has 0 spiro atoms. The summed E-state index contributed by atoms with van der Waals surface area (Å²) in [6.45, 7) is 4.01. The Morgan fingerprint density at radius 2 is 1.97 bits per heavy atom. The van der Waals surface area contributed by atoms with E-state index in [1.165, 1.54) is 18.7 Å². The first kappa shape index (κ1) is 20.7. The number of benzene rings is 1. The number of aryl methyl sites for hydroxylation is 2. The van der Waals surface area contributed by atoms with Crippen molar-refractivity contribution in [3.63, 3.8) is 0 Å². The van der Waals surface area contributed by atoms with Gasteiger partial charge in [0.15, 0.2) is 0 Å². The monoisotopic (exact) mass is 436 g/mol. The number of esters is 1. The summed E-state index contributed by atoms with van der Waals surface area (Å²) in [5.41, 5.74) is 4.08. The summed E-state index contributed by atoms with van der Waals surface area (Å²) in [5, 5.41) is -0.392. The molecule has 3 heterocycles. The van der Waals surface area contributed by atoms with E-state index in [0.29, 0.717) is 10.7 Å². The van der Waals surface area contributed by atoms with Gasteiger partial charge >= 0.3 is 5.97 Å². The van der Waals surface area contributed by atoms with Crippen molar-refractivity contribution in [1.82, 2.24) is 9.47 Å². The molecule has 8 heteroatoms. The summed E-state index contributed by atoms with van der Waals surface area (Å²) < 4.78 is 12.0. The van der Waals surface area contributed by atoms with Gasteiger partial charge in [0.05, 0.1) is 18.6 Å². The largest absolute Gasteiger partial charge is 0.463 e. The fraction of sp³-hybridized carbons (Fsp3) is 0.174. The van der Waals surface area contributed by atoms with Crippen LogP contribution < -0.4 is 0 Å². The molecule has 3 aromatic rings. The molecule has 2 amide bonds. The van der Waals surface area contributed by atoms with E-state index < -0.39 is 17.1 Å². The van der Waals surface area contributed by atoms with Crippen molar-refractivity contribution >= 4 is 35.0 Å². The van der Waals surface area contributed by atoms with Gasteiger partial charge in [-0.15, -0.1) is 0 Å². The van der Waals surface area contributed by atoms with Crippen molar-refractivity contribution < 1.29 is 23.5 Å². The number of rotatable bonds is 5. The first-order valence-electron chi connectivity index (χ1n) is 9.55. The number of furan rings is 1. The molecule has 2 aromatic heterocycles. The molecule has 0 atom stereocenters. The van der Waals surface area contributed by atoms with E-state index >= 15 is 0 Å². The molecule has 0 saturated carbocycles. The number of nitrogens with zero attached hydrogens (tertiary/aromatic N) is 2. The van der Waals surface area contributed by atoms with Crippen LogP contribution in [-0.2, 0) is 16.1 Å². The minimum absolute atomic E-state index is 0.0197. The van der Waals surface area contributed by atoms with Crippen LogP contribution in [0, 0.1) is 13.8 Å².